The van der Waals surface area contributed by atoms with Crippen molar-refractivity contribution in [2.45, 2.75) is 39.8 Å². The summed E-state index contributed by atoms with van der Waals surface area (Å²) in [6.45, 7) is 19.9. The minimum absolute atomic E-state index is 0.296. The van der Waals surface area contributed by atoms with Gasteiger partial charge >= 0.3 is 0 Å². The lowest BCUT2D eigenvalue weighted by atomic mass is 9.46. The van der Waals surface area contributed by atoms with Crippen LogP contribution in [0.2, 0.25) is 0 Å². The monoisotopic (exact) mass is 282 g/mol. The molecule has 2 rings (SSSR count). The van der Waals surface area contributed by atoms with E-state index in [1.165, 1.54) is 16.6 Å². The predicted molar refractivity (Wildman–Crippen MR) is 94.8 cm³/mol. The van der Waals surface area contributed by atoms with Crippen LogP contribution >= 0.6 is 0 Å². The van der Waals surface area contributed by atoms with Gasteiger partial charge < -0.3 is 9.71 Å². The lowest BCUT2D eigenvalue weighted by molar-refractivity contribution is 0.306. The Morgan fingerprint density at radius 2 is 1.43 bits per heavy atom. The highest BCUT2D eigenvalue weighted by molar-refractivity contribution is 6.72. The molecule has 0 N–H and O–H groups in total. The molecule has 1 aliphatic heterocycles. The van der Waals surface area contributed by atoms with E-state index in [-0.39, 0.29) is 0 Å². The van der Waals surface area contributed by atoms with Crippen molar-refractivity contribution in [3.05, 3.63) is 54.4 Å². The van der Waals surface area contributed by atoms with Crippen LogP contribution in [0.3, 0.4) is 0 Å². The van der Waals surface area contributed by atoms with Crippen molar-refractivity contribution in [2.75, 3.05) is 18.0 Å². The van der Waals surface area contributed by atoms with Crippen LogP contribution < -0.4 is 4.90 Å². The molecule has 0 unspecified atom stereocenters. The molecule has 1 heterocycles. The second-order valence-electron chi connectivity index (χ2n) is 6.55. The largest absolute Gasteiger partial charge is 0.365 e. The zero-order chi connectivity index (χ0) is 15.6. The van der Waals surface area contributed by atoms with E-state index in [1.54, 1.807) is 0 Å². The minimum atomic E-state index is 0.296. The molecule has 2 nitrogen and oxygen atoms in total. The summed E-state index contributed by atoms with van der Waals surface area (Å²) in [5.74, 6) is 0. The standard InChI is InChI=1S/C18H27BN2/c1-14(2)21(15(3)4)19-16(5)12-20(13-17(19)6)18-10-8-7-9-11-18/h7-11,14-15H,5-6,12-13H2,1-4H3. The fourth-order valence-corrected chi connectivity index (χ4v) is 3.44. The lowest BCUT2D eigenvalue weighted by Crippen LogP contribution is -2.56. The van der Waals surface area contributed by atoms with E-state index in [1.807, 2.05) is 0 Å². The van der Waals surface area contributed by atoms with Crippen LogP contribution in [-0.2, 0) is 0 Å². The molecule has 0 aromatic heterocycles. The Kier molecular flexibility index (Phi) is 4.94. The maximum Gasteiger partial charge on any atom is 0.286 e. The molecule has 0 atom stereocenters. The van der Waals surface area contributed by atoms with Crippen molar-refractivity contribution in [1.82, 2.24) is 4.81 Å². The van der Waals surface area contributed by atoms with Gasteiger partial charge in [0, 0.05) is 18.8 Å². The van der Waals surface area contributed by atoms with Gasteiger partial charge in [-0.1, -0.05) is 56.8 Å². The molecule has 0 saturated carbocycles. The molecule has 0 radical (unpaired) electrons. The predicted octanol–water partition coefficient (Wildman–Crippen LogP) is 3.81. The van der Waals surface area contributed by atoms with E-state index in [0.717, 1.165) is 13.1 Å². The van der Waals surface area contributed by atoms with Gasteiger partial charge in [-0.15, -0.1) is 13.2 Å². The highest BCUT2D eigenvalue weighted by Crippen LogP contribution is 2.27. The summed E-state index contributed by atoms with van der Waals surface area (Å²) in [7, 11) is 0. The van der Waals surface area contributed by atoms with Crippen LogP contribution in [-0.4, -0.2) is 36.8 Å². The summed E-state index contributed by atoms with van der Waals surface area (Å²) < 4.78 is 0. The molecule has 1 aromatic carbocycles. The SMILES string of the molecule is C=C1CN(c2ccccc2)CC(=C)B1N(C(C)C)C(C)C. The molecule has 0 amide bonds. The summed E-state index contributed by atoms with van der Waals surface area (Å²) in [5, 5.41) is 0. The Hall–Kier alpha value is -1.48. The van der Waals surface area contributed by atoms with Crippen LogP contribution in [0.15, 0.2) is 54.4 Å². The number of rotatable bonds is 4. The lowest BCUT2D eigenvalue weighted by Gasteiger charge is -2.44. The minimum Gasteiger partial charge on any atom is -0.365 e. The summed E-state index contributed by atoms with van der Waals surface area (Å²) in [4.78, 5) is 4.88. The molecule has 3 heteroatoms. The summed E-state index contributed by atoms with van der Waals surface area (Å²) in [6, 6.07) is 11.5. The van der Waals surface area contributed by atoms with E-state index >= 15 is 0 Å². The molecular weight excluding hydrogens is 255 g/mol. The first-order valence-corrected chi connectivity index (χ1v) is 7.84. The molecule has 0 bridgehead atoms. The molecular formula is C18H27BN2. The fraction of sp³-hybridized carbons (Fsp3) is 0.444. The maximum atomic E-state index is 4.36. The number of benzene rings is 1. The Labute approximate surface area is 130 Å². The highest BCUT2D eigenvalue weighted by Gasteiger charge is 2.36. The van der Waals surface area contributed by atoms with Crippen LogP contribution in [0.5, 0.6) is 0 Å². The molecule has 0 spiro atoms. The average Bonchev–Trinajstić information content (AvgIpc) is 2.42. The van der Waals surface area contributed by atoms with Crippen LogP contribution in [0.4, 0.5) is 5.69 Å². The van der Waals surface area contributed by atoms with Gasteiger partial charge in [-0.3, -0.25) is 0 Å². The number of hydrogen-bond acceptors (Lipinski definition) is 2. The van der Waals surface area contributed by atoms with Crippen LogP contribution in [0.25, 0.3) is 0 Å². The van der Waals surface area contributed by atoms with Gasteiger partial charge in [-0.25, -0.2) is 0 Å². The average molecular weight is 282 g/mol. The summed E-state index contributed by atoms with van der Waals surface area (Å²) in [6.07, 6.45) is 0. The van der Waals surface area contributed by atoms with E-state index in [2.05, 4.69) is 80.9 Å². The Balaban J connectivity index is 2.20. The van der Waals surface area contributed by atoms with E-state index in [0.29, 0.717) is 18.9 Å². The highest BCUT2D eigenvalue weighted by atomic mass is 15.2. The number of nitrogens with zero attached hydrogens (tertiary/aromatic N) is 2. The third kappa shape index (κ3) is 3.41. The summed E-state index contributed by atoms with van der Waals surface area (Å²) >= 11 is 0. The third-order valence-corrected chi connectivity index (χ3v) is 4.17. The second kappa shape index (κ2) is 6.53. The molecule has 0 aliphatic carbocycles. The van der Waals surface area contributed by atoms with Crippen molar-refractivity contribution in [2.24, 2.45) is 0 Å². The molecule has 1 saturated heterocycles. The molecule has 1 fully saturated rings. The first-order chi connectivity index (χ1) is 9.91. The zero-order valence-corrected chi connectivity index (χ0v) is 13.8. The van der Waals surface area contributed by atoms with Gasteiger partial charge in [0.15, 0.2) is 0 Å². The number of para-hydroxylation sites is 1. The Morgan fingerprint density at radius 3 is 1.86 bits per heavy atom. The van der Waals surface area contributed by atoms with Gasteiger partial charge in [0.25, 0.3) is 6.85 Å². The molecule has 1 aromatic rings. The van der Waals surface area contributed by atoms with Gasteiger partial charge in [0.2, 0.25) is 0 Å². The maximum absolute atomic E-state index is 4.36. The van der Waals surface area contributed by atoms with Gasteiger partial charge in [0.1, 0.15) is 0 Å². The molecule has 112 valence electrons. The van der Waals surface area contributed by atoms with Crippen molar-refractivity contribution in [1.29, 1.82) is 0 Å². The topological polar surface area (TPSA) is 6.48 Å². The third-order valence-electron chi connectivity index (χ3n) is 4.17. The van der Waals surface area contributed by atoms with Crippen molar-refractivity contribution in [3.8, 4) is 0 Å². The van der Waals surface area contributed by atoms with Crippen molar-refractivity contribution < 1.29 is 0 Å². The Bertz CT molecular complexity index is 481. The normalized spacial score (nSPS) is 16.5. The smallest absolute Gasteiger partial charge is 0.286 e. The summed E-state index contributed by atoms with van der Waals surface area (Å²) in [5.41, 5.74) is 3.74. The van der Waals surface area contributed by atoms with Gasteiger partial charge in [-0.2, -0.15) is 0 Å². The van der Waals surface area contributed by atoms with Crippen molar-refractivity contribution in [3.63, 3.8) is 0 Å². The molecule has 21 heavy (non-hydrogen) atoms. The van der Waals surface area contributed by atoms with E-state index in [4.69, 9.17) is 0 Å². The van der Waals surface area contributed by atoms with Crippen LogP contribution in [0.1, 0.15) is 27.7 Å². The van der Waals surface area contributed by atoms with Gasteiger partial charge in [-0.05, 0) is 24.2 Å². The second-order valence-corrected chi connectivity index (χ2v) is 6.55. The van der Waals surface area contributed by atoms with Crippen molar-refractivity contribution >= 4 is 12.5 Å². The number of anilines is 1. The zero-order valence-electron chi connectivity index (χ0n) is 13.8. The Morgan fingerprint density at radius 1 is 0.952 bits per heavy atom. The van der Waals surface area contributed by atoms with Crippen LogP contribution in [0, 0.1) is 0 Å². The van der Waals surface area contributed by atoms with E-state index in [9.17, 15) is 0 Å². The number of hydrogen-bond donors (Lipinski definition) is 0. The first kappa shape index (κ1) is 15.9. The fourth-order valence-electron chi connectivity index (χ4n) is 3.44. The first-order valence-electron chi connectivity index (χ1n) is 7.84. The molecule has 1 aliphatic rings. The van der Waals surface area contributed by atoms with E-state index < -0.39 is 0 Å². The quantitative estimate of drug-likeness (QED) is 0.775. The van der Waals surface area contributed by atoms with Gasteiger partial charge in [0.05, 0.1) is 0 Å².